The number of aromatic nitrogens is 1. The summed E-state index contributed by atoms with van der Waals surface area (Å²) in [6.45, 7) is 7.50. The average Bonchev–Trinajstić information content (AvgIpc) is 2.82. The van der Waals surface area contributed by atoms with Crippen molar-refractivity contribution in [3.8, 4) is 5.75 Å². The SMILES string of the molecule is CCOc1ccc(N=c2scc(C)n2CCNC(C)=O)cc1. The minimum atomic E-state index is -0.0153. The summed E-state index contributed by atoms with van der Waals surface area (Å²) < 4.78 is 7.54. The van der Waals surface area contributed by atoms with Crippen molar-refractivity contribution >= 4 is 22.9 Å². The van der Waals surface area contributed by atoms with Gasteiger partial charge >= 0.3 is 0 Å². The third-order valence-electron chi connectivity index (χ3n) is 3.07. The van der Waals surface area contributed by atoms with Crippen LogP contribution < -0.4 is 14.9 Å². The third kappa shape index (κ3) is 4.46. The lowest BCUT2D eigenvalue weighted by molar-refractivity contribution is -0.118. The Balaban J connectivity index is 2.18. The minimum Gasteiger partial charge on any atom is -0.494 e. The van der Waals surface area contributed by atoms with Crippen LogP contribution in [-0.4, -0.2) is 23.6 Å². The molecule has 0 aliphatic carbocycles. The summed E-state index contributed by atoms with van der Waals surface area (Å²) >= 11 is 1.60. The number of carbonyl (C=O) groups excluding carboxylic acids is 1. The standard InChI is InChI=1S/C16H21N3O2S/c1-4-21-15-7-5-14(6-8-15)18-16-19(12(2)11-22-16)10-9-17-13(3)20/h5-8,11H,4,9-10H2,1-3H3,(H,17,20). The van der Waals surface area contributed by atoms with Crippen LogP contribution in [0.15, 0.2) is 34.6 Å². The number of nitrogens with zero attached hydrogens (tertiary/aromatic N) is 2. The first-order valence-electron chi connectivity index (χ1n) is 7.27. The molecule has 5 nitrogen and oxygen atoms in total. The fourth-order valence-electron chi connectivity index (χ4n) is 2.01. The molecule has 118 valence electrons. The molecule has 0 radical (unpaired) electrons. The fraction of sp³-hybridized carbons (Fsp3) is 0.375. The molecule has 0 fully saturated rings. The van der Waals surface area contributed by atoms with Gasteiger partial charge in [0, 0.05) is 31.1 Å². The van der Waals surface area contributed by atoms with Gasteiger partial charge in [-0.25, -0.2) is 4.99 Å². The maximum atomic E-state index is 11.0. The summed E-state index contributed by atoms with van der Waals surface area (Å²) in [6.07, 6.45) is 0. The van der Waals surface area contributed by atoms with E-state index in [2.05, 4.69) is 20.3 Å². The van der Waals surface area contributed by atoms with Crippen molar-refractivity contribution in [1.82, 2.24) is 9.88 Å². The Morgan fingerprint density at radius 3 is 2.73 bits per heavy atom. The Morgan fingerprint density at radius 2 is 2.09 bits per heavy atom. The molecule has 0 saturated carbocycles. The van der Waals surface area contributed by atoms with Crippen LogP contribution in [0.1, 0.15) is 19.5 Å². The number of benzene rings is 1. The number of aryl methyl sites for hydroxylation is 1. The monoisotopic (exact) mass is 319 g/mol. The number of hydrogen-bond donors (Lipinski definition) is 1. The van der Waals surface area contributed by atoms with E-state index in [1.54, 1.807) is 11.3 Å². The Hall–Kier alpha value is -2.08. The minimum absolute atomic E-state index is 0.0153. The van der Waals surface area contributed by atoms with Crippen molar-refractivity contribution in [2.24, 2.45) is 4.99 Å². The van der Waals surface area contributed by atoms with Crippen LogP contribution in [0, 0.1) is 6.92 Å². The van der Waals surface area contributed by atoms with Crippen LogP contribution in [0.25, 0.3) is 0 Å². The number of amides is 1. The lowest BCUT2D eigenvalue weighted by Crippen LogP contribution is -2.28. The fourth-order valence-corrected chi connectivity index (χ4v) is 2.94. The first-order valence-corrected chi connectivity index (χ1v) is 8.15. The maximum Gasteiger partial charge on any atom is 0.216 e. The molecular formula is C16H21N3O2S. The highest BCUT2D eigenvalue weighted by Gasteiger charge is 2.02. The van der Waals surface area contributed by atoms with Gasteiger partial charge in [0.2, 0.25) is 5.91 Å². The molecule has 0 aliphatic rings. The predicted molar refractivity (Wildman–Crippen MR) is 88.6 cm³/mol. The molecule has 1 aromatic carbocycles. The second-order valence-electron chi connectivity index (χ2n) is 4.83. The number of thiazole rings is 1. The Kier molecular flexibility index (Phi) is 5.77. The number of carbonyl (C=O) groups is 1. The lowest BCUT2D eigenvalue weighted by Gasteiger charge is -2.06. The summed E-state index contributed by atoms with van der Waals surface area (Å²) in [6, 6.07) is 7.73. The molecule has 22 heavy (non-hydrogen) atoms. The highest BCUT2D eigenvalue weighted by atomic mass is 32.1. The number of hydrogen-bond acceptors (Lipinski definition) is 4. The second-order valence-corrected chi connectivity index (χ2v) is 5.67. The first-order chi connectivity index (χ1) is 10.6. The van der Waals surface area contributed by atoms with E-state index >= 15 is 0 Å². The van der Waals surface area contributed by atoms with E-state index in [-0.39, 0.29) is 5.91 Å². The van der Waals surface area contributed by atoms with Crippen molar-refractivity contribution in [2.45, 2.75) is 27.3 Å². The van der Waals surface area contributed by atoms with Crippen LogP contribution in [0.3, 0.4) is 0 Å². The molecule has 0 aliphatic heterocycles. The topological polar surface area (TPSA) is 55.6 Å². The summed E-state index contributed by atoms with van der Waals surface area (Å²) in [4.78, 5) is 16.6. The molecule has 1 N–H and O–H groups in total. The second kappa shape index (κ2) is 7.79. The Bertz CT molecular complexity index is 686. The van der Waals surface area contributed by atoms with E-state index in [9.17, 15) is 4.79 Å². The molecule has 6 heteroatoms. The van der Waals surface area contributed by atoms with Gasteiger partial charge < -0.3 is 14.6 Å². The maximum absolute atomic E-state index is 11.0. The van der Waals surface area contributed by atoms with Crippen LogP contribution in [-0.2, 0) is 11.3 Å². The van der Waals surface area contributed by atoms with Gasteiger partial charge in [0.25, 0.3) is 0 Å². The Morgan fingerprint density at radius 1 is 1.36 bits per heavy atom. The zero-order chi connectivity index (χ0) is 15.9. The van der Waals surface area contributed by atoms with Gasteiger partial charge in [-0.3, -0.25) is 4.79 Å². The van der Waals surface area contributed by atoms with Crippen molar-refractivity contribution in [3.63, 3.8) is 0 Å². The van der Waals surface area contributed by atoms with Gasteiger partial charge in [0.05, 0.1) is 12.3 Å². The van der Waals surface area contributed by atoms with Crippen molar-refractivity contribution in [3.05, 3.63) is 40.1 Å². The van der Waals surface area contributed by atoms with E-state index in [1.165, 1.54) is 6.92 Å². The molecule has 2 rings (SSSR count). The zero-order valence-electron chi connectivity index (χ0n) is 13.1. The molecule has 1 amide bonds. The highest BCUT2D eigenvalue weighted by Crippen LogP contribution is 2.17. The van der Waals surface area contributed by atoms with E-state index < -0.39 is 0 Å². The summed E-state index contributed by atoms with van der Waals surface area (Å²) in [5, 5.41) is 4.88. The van der Waals surface area contributed by atoms with E-state index in [0.29, 0.717) is 19.7 Å². The number of nitrogens with one attached hydrogen (secondary N) is 1. The van der Waals surface area contributed by atoms with E-state index in [0.717, 1.165) is 21.9 Å². The molecule has 0 bridgehead atoms. The van der Waals surface area contributed by atoms with Gasteiger partial charge in [0.15, 0.2) is 4.80 Å². The lowest BCUT2D eigenvalue weighted by atomic mass is 10.3. The quantitative estimate of drug-likeness (QED) is 0.890. The smallest absolute Gasteiger partial charge is 0.216 e. The molecular weight excluding hydrogens is 298 g/mol. The summed E-state index contributed by atoms with van der Waals surface area (Å²) in [5.41, 5.74) is 2.03. The first kappa shape index (κ1) is 16.3. The number of ether oxygens (including phenoxy) is 1. The van der Waals surface area contributed by atoms with Crippen molar-refractivity contribution in [1.29, 1.82) is 0 Å². The van der Waals surface area contributed by atoms with Gasteiger partial charge in [0.1, 0.15) is 5.75 Å². The summed E-state index contributed by atoms with van der Waals surface area (Å²) in [5.74, 6) is 0.834. The van der Waals surface area contributed by atoms with Crippen molar-refractivity contribution in [2.75, 3.05) is 13.2 Å². The van der Waals surface area contributed by atoms with Crippen molar-refractivity contribution < 1.29 is 9.53 Å². The normalized spacial score (nSPS) is 11.5. The molecule has 1 heterocycles. The molecule has 1 aromatic heterocycles. The molecule has 0 unspecified atom stereocenters. The average molecular weight is 319 g/mol. The highest BCUT2D eigenvalue weighted by molar-refractivity contribution is 7.07. The van der Waals surface area contributed by atoms with Crippen LogP contribution in [0.2, 0.25) is 0 Å². The zero-order valence-corrected chi connectivity index (χ0v) is 13.9. The van der Waals surface area contributed by atoms with E-state index in [1.807, 2.05) is 38.1 Å². The van der Waals surface area contributed by atoms with Gasteiger partial charge in [-0.1, -0.05) is 0 Å². The largest absolute Gasteiger partial charge is 0.494 e. The van der Waals surface area contributed by atoms with Gasteiger partial charge in [-0.2, -0.15) is 0 Å². The van der Waals surface area contributed by atoms with Crippen LogP contribution in [0.4, 0.5) is 5.69 Å². The Labute approximate surface area is 134 Å². The number of rotatable bonds is 6. The van der Waals surface area contributed by atoms with Gasteiger partial charge in [-0.15, -0.1) is 11.3 Å². The van der Waals surface area contributed by atoms with Gasteiger partial charge in [-0.05, 0) is 38.1 Å². The molecule has 2 aromatic rings. The summed E-state index contributed by atoms with van der Waals surface area (Å²) in [7, 11) is 0. The third-order valence-corrected chi connectivity index (χ3v) is 4.05. The van der Waals surface area contributed by atoms with Crippen LogP contribution >= 0.6 is 11.3 Å². The molecule has 0 spiro atoms. The predicted octanol–water partition coefficient (Wildman–Crippen LogP) is 2.63. The molecule has 0 saturated heterocycles. The molecule has 0 atom stereocenters. The van der Waals surface area contributed by atoms with Crippen LogP contribution in [0.5, 0.6) is 5.75 Å². The van der Waals surface area contributed by atoms with E-state index in [4.69, 9.17) is 4.74 Å².